The van der Waals surface area contributed by atoms with Gasteiger partial charge in [0, 0.05) is 17.5 Å². The highest BCUT2D eigenvalue weighted by Crippen LogP contribution is 2.21. The zero-order chi connectivity index (χ0) is 10.6. The van der Waals surface area contributed by atoms with Crippen LogP contribution in [0.4, 0.5) is 5.69 Å². The van der Waals surface area contributed by atoms with Gasteiger partial charge >= 0.3 is 0 Å². The van der Waals surface area contributed by atoms with Gasteiger partial charge in [0.05, 0.1) is 4.92 Å². The lowest BCUT2D eigenvalue weighted by Gasteiger charge is -2.04. The van der Waals surface area contributed by atoms with Gasteiger partial charge in [-0.25, -0.2) is 0 Å². The Hall–Kier alpha value is -1.09. The van der Waals surface area contributed by atoms with Crippen molar-refractivity contribution in [1.29, 1.82) is 0 Å². The van der Waals surface area contributed by atoms with Crippen LogP contribution in [0.15, 0.2) is 18.2 Å². The van der Waals surface area contributed by atoms with Crippen LogP contribution in [0.25, 0.3) is 0 Å². The molecule has 0 fully saturated rings. The van der Waals surface area contributed by atoms with Gasteiger partial charge in [-0.3, -0.25) is 10.1 Å². The van der Waals surface area contributed by atoms with E-state index in [1.807, 2.05) is 6.07 Å². The Labute approximate surface area is 87.8 Å². The first-order valence-electron chi connectivity index (χ1n) is 4.45. The highest BCUT2D eigenvalue weighted by Gasteiger charge is 2.12. The van der Waals surface area contributed by atoms with E-state index in [0.717, 1.165) is 24.0 Å². The molecule has 0 bridgehead atoms. The molecule has 14 heavy (non-hydrogen) atoms. The summed E-state index contributed by atoms with van der Waals surface area (Å²) in [6.07, 6.45) is 1.65. The Morgan fingerprint density at radius 1 is 1.50 bits per heavy atom. The highest BCUT2D eigenvalue weighted by atomic mass is 35.5. The molecule has 4 heteroatoms. The number of hydrogen-bond acceptors (Lipinski definition) is 2. The molecule has 3 nitrogen and oxygen atoms in total. The molecule has 1 rings (SSSR count). The Morgan fingerprint density at radius 3 is 2.79 bits per heavy atom. The monoisotopic (exact) mass is 213 g/mol. The van der Waals surface area contributed by atoms with E-state index in [4.69, 9.17) is 11.6 Å². The summed E-state index contributed by atoms with van der Waals surface area (Å²) in [7, 11) is 0. The van der Waals surface area contributed by atoms with E-state index in [1.165, 1.54) is 6.07 Å². The molecule has 0 amide bonds. The van der Waals surface area contributed by atoms with E-state index in [9.17, 15) is 10.1 Å². The van der Waals surface area contributed by atoms with Crippen LogP contribution in [-0.4, -0.2) is 10.8 Å². The van der Waals surface area contributed by atoms with Gasteiger partial charge in [0.15, 0.2) is 0 Å². The second-order valence-electron chi connectivity index (χ2n) is 3.11. The molecule has 1 aromatic rings. The summed E-state index contributed by atoms with van der Waals surface area (Å²) in [4.78, 5) is 10.3. The molecule has 1 aromatic carbocycles. The molecule has 0 unspecified atom stereocenters. The van der Waals surface area contributed by atoms with Gasteiger partial charge in [0.25, 0.3) is 5.69 Å². The van der Waals surface area contributed by atoms with E-state index in [0.29, 0.717) is 5.88 Å². The summed E-state index contributed by atoms with van der Waals surface area (Å²) in [5, 5.41) is 10.6. The summed E-state index contributed by atoms with van der Waals surface area (Å²) in [6.45, 7) is 1.78. The summed E-state index contributed by atoms with van der Waals surface area (Å²) in [6, 6.07) is 5.16. The van der Waals surface area contributed by atoms with Crippen molar-refractivity contribution >= 4 is 17.3 Å². The molecule has 0 saturated carbocycles. The fourth-order valence-electron chi connectivity index (χ4n) is 1.40. The first kappa shape index (κ1) is 11.0. The fourth-order valence-corrected chi connectivity index (χ4v) is 1.53. The third-order valence-electron chi connectivity index (χ3n) is 2.19. The largest absolute Gasteiger partial charge is 0.272 e. The molecule has 0 aliphatic carbocycles. The lowest BCUT2D eigenvalue weighted by Crippen LogP contribution is -1.96. The molecule has 0 aliphatic heterocycles. The lowest BCUT2D eigenvalue weighted by molar-refractivity contribution is -0.385. The van der Waals surface area contributed by atoms with Crippen molar-refractivity contribution in [3.05, 3.63) is 39.4 Å². The Balaban J connectivity index is 2.95. The van der Waals surface area contributed by atoms with Crippen LogP contribution in [0, 0.1) is 17.0 Å². The van der Waals surface area contributed by atoms with Gasteiger partial charge in [0.2, 0.25) is 0 Å². The average molecular weight is 214 g/mol. The van der Waals surface area contributed by atoms with Gasteiger partial charge in [-0.1, -0.05) is 12.1 Å². The Bertz CT molecular complexity index is 339. The standard InChI is InChI=1S/C10H12ClNO2/c1-8-9(5-3-7-11)4-2-6-10(8)12(13)14/h2,4,6H,3,5,7H2,1H3. The second-order valence-corrected chi connectivity index (χ2v) is 3.49. The summed E-state index contributed by atoms with van der Waals surface area (Å²) < 4.78 is 0. The van der Waals surface area contributed by atoms with Crippen LogP contribution >= 0.6 is 11.6 Å². The number of halogens is 1. The zero-order valence-electron chi connectivity index (χ0n) is 8.00. The van der Waals surface area contributed by atoms with Crippen molar-refractivity contribution < 1.29 is 4.92 Å². The van der Waals surface area contributed by atoms with Crippen molar-refractivity contribution in [2.24, 2.45) is 0 Å². The maximum Gasteiger partial charge on any atom is 0.272 e. The lowest BCUT2D eigenvalue weighted by atomic mass is 10.0. The number of nitro groups is 1. The normalized spacial score (nSPS) is 10.1. The molecule has 0 heterocycles. The minimum Gasteiger partial charge on any atom is -0.258 e. The molecule has 76 valence electrons. The predicted molar refractivity (Wildman–Crippen MR) is 56.9 cm³/mol. The smallest absolute Gasteiger partial charge is 0.258 e. The third kappa shape index (κ3) is 2.45. The predicted octanol–water partition coefficient (Wildman–Crippen LogP) is 3.07. The molecule has 0 radical (unpaired) electrons. The van der Waals surface area contributed by atoms with Crippen LogP contribution in [0.3, 0.4) is 0 Å². The molecule has 0 saturated heterocycles. The summed E-state index contributed by atoms with van der Waals surface area (Å²) in [5.74, 6) is 0.585. The number of nitrogens with zero attached hydrogens (tertiary/aromatic N) is 1. The molecule has 0 aliphatic rings. The van der Waals surface area contributed by atoms with Crippen molar-refractivity contribution in [2.45, 2.75) is 19.8 Å². The van der Waals surface area contributed by atoms with Gasteiger partial charge < -0.3 is 0 Å². The SMILES string of the molecule is Cc1c(CCCCl)cccc1[N+](=O)[O-]. The van der Waals surface area contributed by atoms with E-state index in [-0.39, 0.29) is 10.6 Å². The van der Waals surface area contributed by atoms with Crippen molar-refractivity contribution in [1.82, 2.24) is 0 Å². The number of hydrogen-bond donors (Lipinski definition) is 0. The molecule has 0 aromatic heterocycles. The molecule has 0 spiro atoms. The van der Waals surface area contributed by atoms with Crippen molar-refractivity contribution in [3.8, 4) is 0 Å². The first-order chi connectivity index (χ1) is 6.66. The van der Waals surface area contributed by atoms with E-state index in [1.54, 1.807) is 13.0 Å². The fraction of sp³-hybridized carbons (Fsp3) is 0.400. The van der Waals surface area contributed by atoms with Crippen LogP contribution < -0.4 is 0 Å². The first-order valence-corrected chi connectivity index (χ1v) is 4.99. The summed E-state index contributed by atoms with van der Waals surface area (Å²) >= 11 is 5.57. The molecule has 0 atom stereocenters. The number of alkyl halides is 1. The quantitative estimate of drug-likeness (QED) is 0.438. The number of rotatable bonds is 4. The maximum atomic E-state index is 10.6. The topological polar surface area (TPSA) is 43.1 Å². The van der Waals surface area contributed by atoms with Gasteiger partial charge in [0.1, 0.15) is 0 Å². The Morgan fingerprint density at radius 2 is 2.21 bits per heavy atom. The van der Waals surface area contributed by atoms with Crippen molar-refractivity contribution in [2.75, 3.05) is 5.88 Å². The van der Waals surface area contributed by atoms with E-state index < -0.39 is 0 Å². The van der Waals surface area contributed by atoms with Crippen LogP contribution in [-0.2, 0) is 6.42 Å². The van der Waals surface area contributed by atoms with Gasteiger partial charge in [-0.2, -0.15) is 0 Å². The third-order valence-corrected chi connectivity index (χ3v) is 2.46. The number of aryl methyl sites for hydroxylation is 1. The van der Waals surface area contributed by atoms with Crippen LogP contribution in [0.2, 0.25) is 0 Å². The highest BCUT2D eigenvalue weighted by molar-refractivity contribution is 6.17. The zero-order valence-corrected chi connectivity index (χ0v) is 8.75. The number of benzene rings is 1. The maximum absolute atomic E-state index is 10.6. The van der Waals surface area contributed by atoms with Gasteiger partial charge in [-0.05, 0) is 25.3 Å². The summed E-state index contributed by atoms with van der Waals surface area (Å²) in [5.41, 5.74) is 1.96. The van der Waals surface area contributed by atoms with Crippen LogP contribution in [0.5, 0.6) is 0 Å². The second kappa shape index (κ2) is 4.96. The van der Waals surface area contributed by atoms with E-state index >= 15 is 0 Å². The molecule has 0 N–H and O–H groups in total. The minimum atomic E-state index is -0.348. The van der Waals surface area contributed by atoms with Gasteiger partial charge in [-0.15, -0.1) is 11.6 Å². The van der Waals surface area contributed by atoms with E-state index in [2.05, 4.69) is 0 Å². The number of nitro benzene ring substituents is 1. The Kier molecular flexibility index (Phi) is 3.89. The molecular formula is C10H12ClNO2. The molecular weight excluding hydrogens is 202 g/mol. The minimum absolute atomic E-state index is 0.192. The average Bonchev–Trinajstić information content (AvgIpc) is 2.16. The van der Waals surface area contributed by atoms with Crippen molar-refractivity contribution in [3.63, 3.8) is 0 Å². The van der Waals surface area contributed by atoms with Crippen LogP contribution in [0.1, 0.15) is 17.5 Å².